The summed E-state index contributed by atoms with van der Waals surface area (Å²) in [5.41, 5.74) is 7.39. The summed E-state index contributed by atoms with van der Waals surface area (Å²) in [5.74, 6) is 0. The smallest absolute Gasteiger partial charge is 0.411 e. The predicted molar refractivity (Wildman–Crippen MR) is 110 cm³/mol. The van der Waals surface area contributed by atoms with Crippen LogP contribution in [0.15, 0.2) is 18.6 Å². The van der Waals surface area contributed by atoms with Crippen LogP contribution in [0.4, 0.5) is 4.79 Å². The summed E-state index contributed by atoms with van der Waals surface area (Å²) in [6.45, 7) is 9.58. The van der Waals surface area contributed by atoms with E-state index in [0.717, 1.165) is 56.0 Å². The predicted octanol–water partition coefficient (Wildman–Crippen LogP) is 3.32. The van der Waals surface area contributed by atoms with Gasteiger partial charge in [0.1, 0.15) is 24.4 Å². The highest BCUT2D eigenvalue weighted by Crippen LogP contribution is 2.22. The van der Waals surface area contributed by atoms with E-state index in [9.17, 15) is 4.79 Å². The minimum absolute atomic E-state index is 0.381. The first-order chi connectivity index (χ1) is 13.3. The lowest BCUT2D eigenvalue weighted by atomic mass is 10.1. The maximum absolute atomic E-state index is 12.3. The molecule has 1 aliphatic rings. The second-order valence-corrected chi connectivity index (χ2v) is 14.1. The van der Waals surface area contributed by atoms with Gasteiger partial charge in [-0.1, -0.05) is 19.6 Å². The van der Waals surface area contributed by atoms with E-state index in [1.54, 1.807) is 4.90 Å². The van der Waals surface area contributed by atoms with E-state index < -0.39 is 14.3 Å². The van der Waals surface area contributed by atoms with Crippen LogP contribution in [0.25, 0.3) is 11.0 Å². The third-order valence-corrected chi connectivity index (χ3v) is 6.63. The number of rotatable bonds is 7. The van der Waals surface area contributed by atoms with E-state index in [0.29, 0.717) is 12.4 Å². The Labute approximate surface area is 167 Å². The number of nitrogens with two attached hydrogens (primary N) is 1. The van der Waals surface area contributed by atoms with Crippen LogP contribution in [0.5, 0.6) is 0 Å². The van der Waals surface area contributed by atoms with Crippen molar-refractivity contribution in [3.63, 3.8) is 0 Å². The molecule has 28 heavy (non-hydrogen) atoms. The molecule has 9 heteroatoms. The molecule has 0 radical (unpaired) electrons. The molecule has 1 fully saturated rings. The van der Waals surface area contributed by atoms with Crippen LogP contribution in [0.3, 0.4) is 0 Å². The number of carbonyl (C=O) groups is 1. The molecule has 3 heterocycles. The van der Waals surface area contributed by atoms with Gasteiger partial charge in [-0.25, -0.2) is 14.8 Å². The third kappa shape index (κ3) is 5.30. The summed E-state index contributed by atoms with van der Waals surface area (Å²) in [4.78, 5) is 22.7. The first-order valence-corrected chi connectivity index (χ1v) is 13.6. The molecular formula is C19H31N5O3Si. The lowest BCUT2D eigenvalue weighted by Gasteiger charge is -2.27. The molecule has 0 spiro atoms. The van der Waals surface area contributed by atoms with Gasteiger partial charge >= 0.3 is 6.09 Å². The van der Waals surface area contributed by atoms with Crippen LogP contribution in [0.2, 0.25) is 25.7 Å². The molecule has 3 rings (SSSR count). The van der Waals surface area contributed by atoms with Crippen molar-refractivity contribution in [3.8, 4) is 0 Å². The van der Waals surface area contributed by atoms with Gasteiger partial charge in [-0.3, -0.25) is 5.73 Å². The Morgan fingerprint density at radius 3 is 2.71 bits per heavy atom. The van der Waals surface area contributed by atoms with Crippen LogP contribution in [-0.2, 0) is 16.2 Å². The van der Waals surface area contributed by atoms with Crippen molar-refractivity contribution in [2.24, 2.45) is 5.73 Å². The third-order valence-electron chi connectivity index (χ3n) is 4.93. The number of aromatic nitrogens is 3. The van der Waals surface area contributed by atoms with Crippen molar-refractivity contribution < 1.29 is 14.3 Å². The van der Waals surface area contributed by atoms with Gasteiger partial charge in [0.15, 0.2) is 6.23 Å². The van der Waals surface area contributed by atoms with Gasteiger partial charge in [0, 0.05) is 39.4 Å². The highest BCUT2D eigenvalue weighted by molar-refractivity contribution is 6.76. The number of nitrogens with zero attached hydrogens (tertiary/aromatic N) is 4. The summed E-state index contributed by atoms with van der Waals surface area (Å²) in [5, 5.41) is 0.773. The zero-order valence-corrected chi connectivity index (χ0v) is 18.1. The van der Waals surface area contributed by atoms with E-state index >= 15 is 0 Å². The zero-order valence-electron chi connectivity index (χ0n) is 17.1. The SMILES string of the molecule is C[Si](C)(C)CCOCn1ccc2c(C(N)OC(=O)N3CCCCC3)ncnc21. The Morgan fingerprint density at radius 2 is 2.00 bits per heavy atom. The summed E-state index contributed by atoms with van der Waals surface area (Å²) >= 11 is 0. The quantitative estimate of drug-likeness (QED) is 0.431. The first kappa shape index (κ1) is 20.8. The standard InChI is InChI=1S/C19H31N5O3Si/c1-28(2,3)12-11-26-14-24-10-7-15-16(21-13-22-18(15)24)17(20)27-19(25)23-8-5-4-6-9-23/h7,10,13,17H,4-6,8-9,11-12,14,20H2,1-3H3. The van der Waals surface area contributed by atoms with Gasteiger partial charge < -0.3 is 18.9 Å². The topological polar surface area (TPSA) is 95.5 Å². The molecule has 1 amide bonds. The van der Waals surface area contributed by atoms with Gasteiger partial charge in [-0.2, -0.15) is 0 Å². The molecule has 1 saturated heterocycles. The van der Waals surface area contributed by atoms with Crippen molar-refractivity contribution in [1.29, 1.82) is 0 Å². The van der Waals surface area contributed by atoms with E-state index in [2.05, 4.69) is 29.6 Å². The average Bonchev–Trinajstić information content (AvgIpc) is 3.08. The molecule has 0 aromatic carbocycles. The lowest BCUT2D eigenvalue weighted by Crippen LogP contribution is -2.38. The van der Waals surface area contributed by atoms with Crippen LogP contribution in [0.1, 0.15) is 31.2 Å². The van der Waals surface area contributed by atoms with E-state index in [4.69, 9.17) is 15.2 Å². The molecule has 1 unspecified atom stereocenters. The van der Waals surface area contributed by atoms with Gasteiger partial charge in [-0.15, -0.1) is 0 Å². The monoisotopic (exact) mass is 405 g/mol. The fourth-order valence-corrected chi connectivity index (χ4v) is 3.97. The maximum atomic E-state index is 12.3. The highest BCUT2D eigenvalue weighted by Gasteiger charge is 2.23. The lowest BCUT2D eigenvalue weighted by molar-refractivity contribution is 0.0585. The summed E-state index contributed by atoms with van der Waals surface area (Å²) in [6.07, 6.45) is 5.19. The summed E-state index contributed by atoms with van der Waals surface area (Å²) in [6, 6.07) is 3.00. The molecule has 2 aromatic rings. The molecule has 2 N–H and O–H groups in total. The highest BCUT2D eigenvalue weighted by atomic mass is 28.3. The van der Waals surface area contributed by atoms with Gasteiger partial charge in [0.05, 0.1) is 0 Å². The van der Waals surface area contributed by atoms with E-state index in [1.807, 2.05) is 16.8 Å². The molecule has 154 valence electrons. The number of carbonyl (C=O) groups excluding carboxylic acids is 1. The molecule has 1 aliphatic heterocycles. The fourth-order valence-electron chi connectivity index (χ4n) is 3.21. The van der Waals surface area contributed by atoms with Crippen molar-refractivity contribution in [2.45, 2.75) is 57.9 Å². The van der Waals surface area contributed by atoms with Crippen LogP contribution in [0, 0.1) is 0 Å². The fraction of sp³-hybridized carbons (Fsp3) is 0.632. The molecule has 2 aromatic heterocycles. The Morgan fingerprint density at radius 1 is 1.25 bits per heavy atom. The second-order valence-electron chi connectivity index (χ2n) is 8.48. The molecule has 0 saturated carbocycles. The van der Waals surface area contributed by atoms with Gasteiger partial charge in [-0.05, 0) is 31.4 Å². The largest absolute Gasteiger partial charge is 0.424 e. The number of hydrogen-bond acceptors (Lipinski definition) is 6. The van der Waals surface area contributed by atoms with Crippen LogP contribution >= 0.6 is 0 Å². The van der Waals surface area contributed by atoms with Crippen molar-refractivity contribution in [2.75, 3.05) is 19.7 Å². The van der Waals surface area contributed by atoms with E-state index in [1.165, 1.54) is 6.33 Å². The van der Waals surface area contributed by atoms with Crippen molar-refractivity contribution >= 4 is 25.2 Å². The number of likely N-dealkylation sites (tertiary alicyclic amines) is 1. The molecule has 0 aliphatic carbocycles. The molecule has 8 nitrogen and oxygen atoms in total. The molecule has 1 atom stereocenters. The number of ether oxygens (including phenoxy) is 2. The van der Waals surface area contributed by atoms with Crippen LogP contribution < -0.4 is 5.73 Å². The molecular weight excluding hydrogens is 374 g/mol. The summed E-state index contributed by atoms with van der Waals surface area (Å²) < 4.78 is 13.2. The number of fused-ring (bicyclic) bond motifs is 1. The maximum Gasteiger partial charge on any atom is 0.411 e. The Balaban J connectivity index is 1.65. The zero-order chi connectivity index (χ0) is 20.1. The number of amides is 1. The van der Waals surface area contributed by atoms with Gasteiger partial charge in [0.25, 0.3) is 0 Å². The summed E-state index contributed by atoms with van der Waals surface area (Å²) in [7, 11) is -1.12. The Hall–Kier alpha value is -1.97. The average molecular weight is 406 g/mol. The van der Waals surface area contributed by atoms with Crippen molar-refractivity contribution in [1.82, 2.24) is 19.4 Å². The normalized spacial score (nSPS) is 16.4. The minimum atomic E-state index is -1.12. The van der Waals surface area contributed by atoms with Crippen molar-refractivity contribution in [3.05, 3.63) is 24.3 Å². The first-order valence-electron chi connectivity index (χ1n) is 9.94. The number of hydrogen-bond donors (Lipinski definition) is 1. The Bertz CT molecular complexity index is 798. The van der Waals surface area contributed by atoms with Gasteiger partial charge in [0.2, 0.25) is 0 Å². The minimum Gasteiger partial charge on any atom is -0.424 e. The number of piperidine rings is 1. The van der Waals surface area contributed by atoms with Crippen LogP contribution in [-0.4, -0.2) is 53.3 Å². The molecule has 0 bridgehead atoms. The Kier molecular flexibility index (Phi) is 6.68. The second kappa shape index (κ2) is 9.02. The van der Waals surface area contributed by atoms with E-state index in [-0.39, 0.29) is 6.09 Å².